The van der Waals surface area contributed by atoms with Gasteiger partial charge < -0.3 is 34.3 Å². The van der Waals surface area contributed by atoms with Crippen molar-refractivity contribution in [3.05, 3.63) is 209 Å². The van der Waals surface area contributed by atoms with Crippen molar-refractivity contribution in [1.82, 2.24) is 63.7 Å². The molecule has 2 spiro atoms. The quantitative estimate of drug-likeness (QED) is 0.0981. The van der Waals surface area contributed by atoms with Gasteiger partial charge in [0.15, 0.2) is 0 Å². The summed E-state index contributed by atoms with van der Waals surface area (Å²) in [5, 5.41) is 0. The van der Waals surface area contributed by atoms with Gasteiger partial charge in [-0.1, -0.05) is 206 Å². The van der Waals surface area contributed by atoms with E-state index in [0.29, 0.717) is 46.3 Å². The maximum Gasteiger partial charge on any atom is 0.0244 e. The summed E-state index contributed by atoms with van der Waals surface area (Å²) >= 11 is 0. The van der Waals surface area contributed by atoms with E-state index < -0.39 is 0 Å². The van der Waals surface area contributed by atoms with E-state index in [1.54, 1.807) is 66.8 Å². The minimum Gasteiger partial charge on any atom is -0.308 e. The average molecular weight is 1690 g/mol. The van der Waals surface area contributed by atoms with E-state index in [0.717, 1.165) is 69.0 Å². The van der Waals surface area contributed by atoms with Crippen molar-refractivity contribution in [2.24, 2.45) is 0 Å². The van der Waals surface area contributed by atoms with Crippen LogP contribution in [0, 0.1) is 0 Å². The molecule has 124 heavy (non-hydrogen) atoms. The molecule has 8 fully saturated rings. The highest BCUT2D eigenvalue weighted by atomic mass is 15.3. The van der Waals surface area contributed by atoms with Gasteiger partial charge in [-0.05, 0) is 327 Å². The summed E-state index contributed by atoms with van der Waals surface area (Å²) in [6.07, 6.45) is 17.7. The van der Waals surface area contributed by atoms with Crippen molar-refractivity contribution in [3.63, 3.8) is 0 Å². The van der Waals surface area contributed by atoms with Gasteiger partial charge in [0.2, 0.25) is 0 Å². The molecule has 0 amide bonds. The van der Waals surface area contributed by atoms with Gasteiger partial charge in [0.1, 0.15) is 0 Å². The number of rotatable bonds is 15. The molecule has 0 N–H and O–H groups in total. The third kappa shape index (κ3) is 22.9. The van der Waals surface area contributed by atoms with E-state index in [1.807, 2.05) is 0 Å². The summed E-state index contributed by atoms with van der Waals surface area (Å²) in [6, 6.07) is 47.9. The van der Waals surface area contributed by atoms with Gasteiger partial charge in [-0.3, -0.25) is 29.4 Å². The zero-order valence-corrected chi connectivity index (χ0v) is 82.2. The highest BCUT2D eigenvalue weighted by Crippen LogP contribution is 2.55. The summed E-state index contributed by atoms with van der Waals surface area (Å²) in [4.78, 5) is 33.7. The van der Waals surface area contributed by atoms with Crippen LogP contribution in [0.4, 0.5) is 0 Å². The van der Waals surface area contributed by atoms with Gasteiger partial charge in [-0.2, -0.15) is 0 Å². The zero-order valence-electron chi connectivity index (χ0n) is 82.2. The molecule has 2 aliphatic carbocycles. The van der Waals surface area contributed by atoms with Crippen LogP contribution in [0.5, 0.6) is 0 Å². The first-order valence-electron chi connectivity index (χ1n) is 50.3. The lowest BCUT2D eigenvalue weighted by molar-refractivity contribution is 0.0963. The van der Waals surface area contributed by atoms with Gasteiger partial charge in [0, 0.05) is 164 Å². The molecule has 14 aliphatic rings. The first kappa shape index (κ1) is 93.5. The Bertz CT molecular complexity index is 4380. The number of likely N-dealkylation sites (tertiary alicyclic amines) is 6. The molecule has 13 nitrogen and oxygen atoms in total. The molecule has 0 aromatic heterocycles. The van der Waals surface area contributed by atoms with Crippen LogP contribution in [0.1, 0.15) is 316 Å². The van der Waals surface area contributed by atoms with Crippen LogP contribution in [-0.4, -0.2) is 261 Å². The summed E-state index contributed by atoms with van der Waals surface area (Å²) in [6.45, 7) is 64.2. The largest absolute Gasteiger partial charge is 0.308 e. The molecule has 6 saturated heterocycles. The van der Waals surface area contributed by atoms with Crippen LogP contribution in [0.15, 0.2) is 109 Å². The Kier molecular flexibility index (Phi) is 30.7. The maximum absolute atomic E-state index is 2.82. The lowest BCUT2D eigenvalue weighted by Crippen LogP contribution is -2.48. The van der Waals surface area contributed by atoms with E-state index in [1.165, 1.54) is 254 Å². The Balaban J connectivity index is 0.000000115. The van der Waals surface area contributed by atoms with Gasteiger partial charge in [0.05, 0.1) is 0 Å². The van der Waals surface area contributed by atoms with E-state index >= 15 is 0 Å². The molecule has 0 radical (unpaired) electrons. The fraction of sp³-hybridized carbons (Fsp3) is 0.676. The SMILES string of the molecule is CC(C)c1ccc2c(c1)C(C)(C)CN(C1CCN(C)C1)C2.CC(C)c1ccc2c(c1)C1(CC1)CN(C1CCN(C)C1)C2.CC(C)c1ccc2c(c1)C1(CC1)CN(C1CCN(C)CC1)C2.CC(C)c1ccc2c(c1)CN(C1CCN(C)C1)C2.CC(C)c1ccc2c(c1)CN(C1CCN(C)CC1)C2.CC(C)c1ccc2c(c1)CN(C1CCN(CCN(C)C)CC1)C2. The van der Waals surface area contributed by atoms with Gasteiger partial charge in [-0.15, -0.1) is 0 Å². The van der Waals surface area contributed by atoms with Crippen LogP contribution in [0.25, 0.3) is 0 Å². The molecule has 13 heteroatoms. The highest BCUT2D eigenvalue weighted by molar-refractivity contribution is 5.47. The van der Waals surface area contributed by atoms with Crippen molar-refractivity contribution in [1.29, 1.82) is 0 Å². The van der Waals surface area contributed by atoms with Gasteiger partial charge in [-0.25, -0.2) is 0 Å². The number of hydrogen-bond acceptors (Lipinski definition) is 13. The molecule has 12 aliphatic heterocycles. The van der Waals surface area contributed by atoms with E-state index in [4.69, 9.17) is 0 Å². The third-order valence-corrected chi connectivity index (χ3v) is 32.6. The molecule has 12 heterocycles. The molecule has 680 valence electrons. The normalized spacial score (nSPS) is 24.6. The second-order valence-corrected chi connectivity index (χ2v) is 45.2. The summed E-state index contributed by atoms with van der Waals surface area (Å²) < 4.78 is 0. The molecule has 3 unspecified atom stereocenters. The number of likely N-dealkylation sites (N-methyl/N-ethyl adjacent to an activating group) is 4. The van der Waals surface area contributed by atoms with E-state index in [9.17, 15) is 0 Å². The summed E-state index contributed by atoms with van der Waals surface area (Å²) in [5.74, 6) is 3.83. The molecule has 0 bridgehead atoms. The monoisotopic (exact) mass is 1690 g/mol. The van der Waals surface area contributed by atoms with Crippen LogP contribution in [0.3, 0.4) is 0 Å². The Hall–Kier alpha value is -5.20. The Morgan fingerprint density at radius 3 is 0.855 bits per heavy atom. The van der Waals surface area contributed by atoms with E-state index in [-0.39, 0.29) is 5.41 Å². The lowest BCUT2D eigenvalue weighted by atomic mass is 9.76. The minimum absolute atomic E-state index is 0.264. The molecule has 3 atom stereocenters. The Labute approximate surface area is 756 Å². The number of hydrogen-bond donors (Lipinski definition) is 0. The predicted octanol–water partition coefficient (Wildman–Crippen LogP) is 19.9. The van der Waals surface area contributed by atoms with E-state index in [2.05, 4.69) is 319 Å². The molecular weight excluding hydrogens is 1520 g/mol. The van der Waals surface area contributed by atoms with Crippen molar-refractivity contribution >= 4 is 0 Å². The fourth-order valence-electron chi connectivity index (χ4n) is 23.6. The van der Waals surface area contributed by atoms with Crippen LogP contribution in [-0.2, 0) is 75.1 Å². The second kappa shape index (κ2) is 40.7. The summed E-state index contributed by atoms with van der Waals surface area (Å²) in [5.41, 5.74) is 29.4. The third-order valence-electron chi connectivity index (χ3n) is 32.6. The van der Waals surface area contributed by atoms with Crippen LogP contribution in [0.2, 0.25) is 0 Å². The Morgan fingerprint density at radius 2 is 0.532 bits per heavy atom. The number of piperidine rings is 3. The second-order valence-electron chi connectivity index (χ2n) is 45.2. The van der Waals surface area contributed by atoms with Gasteiger partial charge in [0.25, 0.3) is 0 Å². The zero-order chi connectivity index (χ0) is 87.6. The molecule has 20 rings (SSSR count). The maximum atomic E-state index is 2.82. The number of fused-ring (bicyclic) bond motifs is 8. The smallest absolute Gasteiger partial charge is 0.0244 e. The van der Waals surface area contributed by atoms with Crippen molar-refractivity contribution < 1.29 is 0 Å². The number of benzene rings is 6. The number of nitrogens with zero attached hydrogens (tertiary/aromatic N) is 13. The lowest BCUT2D eigenvalue weighted by Gasteiger charge is -2.43. The predicted molar refractivity (Wildman–Crippen MR) is 524 cm³/mol. The fourth-order valence-corrected chi connectivity index (χ4v) is 23.6. The van der Waals surface area contributed by atoms with Crippen molar-refractivity contribution in [2.75, 3.05) is 161 Å². The summed E-state index contributed by atoms with van der Waals surface area (Å²) in [7, 11) is 15.6. The molecule has 6 aromatic carbocycles. The van der Waals surface area contributed by atoms with Crippen LogP contribution < -0.4 is 0 Å². The van der Waals surface area contributed by atoms with Crippen LogP contribution >= 0.6 is 0 Å². The average Bonchev–Trinajstić information content (AvgIpc) is 1.57. The first-order chi connectivity index (χ1) is 59.3. The standard InChI is InChI=1S/C20H33N3.C20H30N2.C19H28N2.C19H30N2.C17H26N2.C16H24N2/c1-16(2)17-5-6-18-14-23(15-19(18)13-17)20-7-9-22(10-8-20)12-11-21(3)4;1-15(2)16-4-5-17-13-22(18-6-10-21(3)11-7-18)14-20(8-9-20)19(17)12-16;1-14(2)15-4-5-16-11-21(17-6-9-20(3)12-17)13-19(7-8-19)18(16)10-15;1-14(2)15-6-7-16-11-21(17-8-9-20(5)12-17)13-19(3,4)18(16)10-15;1-13(2)14-4-5-15-11-19(12-16(15)10-14)17-6-8-18(3)9-7-17;1-12(2)13-4-5-14-9-18(10-15(14)8-13)16-6-7-17(3)11-16/h5-6,13,16,20H,7-12,14-15H2,1-4H3;4-5,12,15,18H,6-11,13-14H2,1-3H3;4-5,10,14,17H,6-9,11-13H2,1-3H3;6-7,10,14,17H,8-9,11-13H2,1-5H3;4-5,10,13,17H,6-9,11-12H2,1-3H3;4-5,8,12,16H,6-7,9-11H2,1-3H3. The molecule has 6 aromatic rings. The topological polar surface area (TPSA) is 42.1 Å². The Morgan fingerprint density at radius 1 is 0.282 bits per heavy atom. The first-order valence-corrected chi connectivity index (χ1v) is 50.3. The van der Waals surface area contributed by atoms with Crippen molar-refractivity contribution in [3.8, 4) is 0 Å². The van der Waals surface area contributed by atoms with Gasteiger partial charge >= 0.3 is 0 Å². The minimum atomic E-state index is 0.264. The molecule has 2 saturated carbocycles. The highest BCUT2D eigenvalue weighted by Gasteiger charge is 2.52. The van der Waals surface area contributed by atoms with Crippen molar-refractivity contribution in [2.45, 2.75) is 327 Å². The molecular formula is C111H171N13.